The fraction of sp³-hybridized carbons (Fsp3) is 0.375. The van der Waals surface area contributed by atoms with Crippen molar-refractivity contribution in [3.8, 4) is 11.5 Å². The second-order valence-corrected chi connectivity index (χ2v) is 13.3. The van der Waals surface area contributed by atoms with Crippen LogP contribution in [0, 0.1) is 23.0 Å². The van der Waals surface area contributed by atoms with Gasteiger partial charge in [-0.15, -0.1) is 0 Å². The van der Waals surface area contributed by atoms with E-state index < -0.39 is 49.9 Å². The van der Waals surface area contributed by atoms with Crippen LogP contribution in [-0.4, -0.2) is 63.4 Å². The highest BCUT2D eigenvalue weighted by atomic mass is 35.5. The molecule has 248 valence electrons. The van der Waals surface area contributed by atoms with Crippen LogP contribution in [-0.2, 0) is 26.2 Å². The molecule has 0 unspecified atom stereocenters. The van der Waals surface area contributed by atoms with Crippen molar-refractivity contribution in [2.24, 2.45) is 5.92 Å². The minimum absolute atomic E-state index is 0.0415. The third-order valence-electron chi connectivity index (χ3n) is 7.21. The molecule has 0 aliphatic rings. The zero-order valence-corrected chi connectivity index (χ0v) is 28.2. The second kappa shape index (κ2) is 15.8. The molecule has 0 aliphatic carbocycles. The molecule has 0 saturated carbocycles. The Balaban J connectivity index is 2.18. The quantitative estimate of drug-likeness (QED) is 0.168. The van der Waals surface area contributed by atoms with E-state index in [2.05, 4.69) is 5.32 Å². The molecule has 0 aliphatic heterocycles. The van der Waals surface area contributed by atoms with Crippen molar-refractivity contribution in [1.82, 2.24) is 10.2 Å². The summed E-state index contributed by atoms with van der Waals surface area (Å²) < 4.78 is 40.2. The predicted molar refractivity (Wildman–Crippen MR) is 176 cm³/mol. The van der Waals surface area contributed by atoms with Crippen LogP contribution in [0.5, 0.6) is 11.5 Å². The van der Waals surface area contributed by atoms with E-state index >= 15 is 0 Å². The smallest absolute Gasteiger partial charge is 0.273 e. The van der Waals surface area contributed by atoms with Crippen molar-refractivity contribution in [2.45, 2.75) is 51.6 Å². The molecule has 3 aromatic rings. The van der Waals surface area contributed by atoms with Crippen molar-refractivity contribution in [1.29, 1.82) is 0 Å². The van der Waals surface area contributed by atoms with Gasteiger partial charge in [-0.05, 0) is 61.2 Å². The minimum Gasteiger partial charge on any atom is -0.497 e. The zero-order chi connectivity index (χ0) is 34.2. The number of rotatable bonds is 15. The van der Waals surface area contributed by atoms with Gasteiger partial charge in [0, 0.05) is 29.7 Å². The van der Waals surface area contributed by atoms with Gasteiger partial charge in [-0.2, -0.15) is 0 Å². The van der Waals surface area contributed by atoms with Crippen molar-refractivity contribution in [3.05, 3.63) is 86.9 Å². The van der Waals surface area contributed by atoms with Crippen molar-refractivity contribution >= 4 is 44.8 Å². The molecule has 14 heteroatoms. The lowest BCUT2D eigenvalue weighted by atomic mass is 10.1. The number of ether oxygens (including phenoxy) is 2. The van der Waals surface area contributed by atoms with E-state index in [4.69, 9.17) is 21.1 Å². The minimum atomic E-state index is -4.64. The van der Waals surface area contributed by atoms with Crippen LogP contribution in [0.2, 0.25) is 5.02 Å². The van der Waals surface area contributed by atoms with E-state index in [1.807, 2.05) is 13.8 Å². The number of carbonyl (C=O) groups is 2. The number of methoxy groups -OCH3 is 2. The molecule has 2 amide bonds. The van der Waals surface area contributed by atoms with E-state index in [0.29, 0.717) is 17.9 Å². The number of anilines is 1. The highest BCUT2D eigenvalue weighted by Gasteiger charge is 2.35. The van der Waals surface area contributed by atoms with Crippen LogP contribution < -0.4 is 19.1 Å². The van der Waals surface area contributed by atoms with Gasteiger partial charge in [0.05, 0.1) is 29.7 Å². The molecule has 0 fully saturated rings. The summed E-state index contributed by atoms with van der Waals surface area (Å²) in [7, 11) is -1.80. The van der Waals surface area contributed by atoms with E-state index in [1.165, 1.54) is 56.4 Å². The van der Waals surface area contributed by atoms with Gasteiger partial charge in [-0.1, -0.05) is 50.6 Å². The number of nitrogens with zero attached hydrogens (tertiary/aromatic N) is 3. The maximum atomic E-state index is 14.3. The number of hydrogen-bond donors (Lipinski definition) is 1. The van der Waals surface area contributed by atoms with Crippen LogP contribution in [0.25, 0.3) is 0 Å². The normalized spacial score (nSPS) is 11.9. The molecule has 0 spiro atoms. The third-order valence-corrected chi connectivity index (χ3v) is 9.20. The average Bonchev–Trinajstić information content (AvgIpc) is 3.02. The second-order valence-electron chi connectivity index (χ2n) is 11.0. The first-order chi connectivity index (χ1) is 21.7. The summed E-state index contributed by atoms with van der Waals surface area (Å²) in [6.07, 6.45) is 0.233. The molecule has 0 aromatic heterocycles. The van der Waals surface area contributed by atoms with Crippen molar-refractivity contribution < 1.29 is 32.4 Å². The van der Waals surface area contributed by atoms with E-state index in [-0.39, 0.29) is 40.9 Å². The molecule has 0 saturated heterocycles. The lowest BCUT2D eigenvalue weighted by Gasteiger charge is -2.33. The fourth-order valence-electron chi connectivity index (χ4n) is 4.75. The van der Waals surface area contributed by atoms with Crippen LogP contribution in [0.1, 0.15) is 38.3 Å². The average molecular weight is 675 g/mol. The molecule has 0 heterocycles. The number of sulfonamides is 1. The Labute approximate surface area is 274 Å². The summed E-state index contributed by atoms with van der Waals surface area (Å²) in [5, 5.41) is 14.7. The highest BCUT2D eigenvalue weighted by molar-refractivity contribution is 7.92. The largest absolute Gasteiger partial charge is 0.497 e. The summed E-state index contributed by atoms with van der Waals surface area (Å²) in [5.74, 6) is -0.323. The molecular weight excluding hydrogens is 636 g/mol. The maximum absolute atomic E-state index is 14.3. The van der Waals surface area contributed by atoms with Gasteiger partial charge < -0.3 is 19.7 Å². The van der Waals surface area contributed by atoms with Crippen molar-refractivity contribution in [3.63, 3.8) is 0 Å². The van der Waals surface area contributed by atoms with E-state index in [0.717, 1.165) is 10.4 Å². The monoisotopic (exact) mass is 674 g/mol. The first-order valence-electron chi connectivity index (χ1n) is 14.5. The number of amides is 2. The topological polar surface area (TPSA) is 148 Å². The van der Waals surface area contributed by atoms with E-state index in [9.17, 15) is 28.1 Å². The van der Waals surface area contributed by atoms with E-state index in [1.54, 1.807) is 31.2 Å². The first kappa shape index (κ1) is 36.1. The van der Waals surface area contributed by atoms with Gasteiger partial charge in [0.2, 0.25) is 11.8 Å². The summed E-state index contributed by atoms with van der Waals surface area (Å²) in [6, 6.07) is 13.8. The van der Waals surface area contributed by atoms with Gasteiger partial charge in [0.1, 0.15) is 24.1 Å². The molecule has 46 heavy (non-hydrogen) atoms. The lowest BCUT2D eigenvalue weighted by Crippen LogP contribution is -2.52. The zero-order valence-electron chi connectivity index (χ0n) is 26.7. The Morgan fingerprint density at radius 1 is 1.04 bits per heavy atom. The summed E-state index contributed by atoms with van der Waals surface area (Å²) in [4.78, 5) is 39.7. The van der Waals surface area contributed by atoms with Gasteiger partial charge in [-0.3, -0.25) is 24.0 Å². The maximum Gasteiger partial charge on any atom is 0.273 e. The van der Waals surface area contributed by atoms with Crippen LogP contribution >= 0.6 is 11.6 Å². The molecule has 3 aromatic carbocycles. The number of nitro benzene ring substituents is 1. The Hall–Kier alpha value is -4.36. The molecule has 0 radical (unpaired) electrons. The first-order valence-corrected chi connectivity index (χ1v) is 16.4. The fourth-order valence-corrected chi connectivity index (χ4v) is 6.36. The molecule has 3 rings (SSSR count). The number of halogens is 1. The number of nitrogens with one attached hydrogen (secondary N) is 1. The van der Waals surface area contributed by atoms with Gasteiger partial charge in [-0.25, -0.2) is 8.42 Å². The predicted octanol–water partition coefficient (Wildman–Crippen LogP) is 5.35. The molecule has 1 atom stereocenters. The molecule has 0 bridgehead atoms. The number of hydrogen-bond acceptors (Lipinski definition) is 8. The summed E-state index contributed by atoms with van der Waals surface area (Å²) in [6.45, 7) is 6.68. The van der Waals surface area contributed by atoms with Crippen molar-refractivity contribution in [2.75, 3.05) is 31.6 Å². The van der Waals surface area contributed by atoms with Gasteiger partial charge in [0.25, 0.3) is 15.7 Å². The summed E-state index contributed by atoms with van der Waals surface area (Å²) >= 11 is 6.28. The Morgan fingerprint density at radius 2 is 1.76 bits per heavy atom. The van der Waals surface area contributed by atoms with Gasteiger partial charge >= 0.3 is 0 Å². The van der Waals surface area contributed by atoms with Crippen LogP contribution in [0.4, 0.5) is 11.4 Å². The summed E-state index contributed by atoms with van der Waals surface area (Å²) in [5.41, 5.74) is 0.435. The van der Waals surface area contributed by atoms with Gasteiger partial charge in [0.15, 0.2) is 0 Å². The standard InChI is InChI=1S/C32H39ClN4O8S/c1-7-27(32(39)34-18-21(2)3)35(19-23-9-8-10-25(15-23)44-5)31(38)20-36(29-16-24(33)12-14-30(29)45-6)46(42,43)26-13-11-22(4)28(17-26)37(40)41/h8-17,21,27H,7,18-20H2,1-6H3,(H,34,39)/t27-/m0/s1. The Kier molecular flexibility index (Phi) is 12.4. The number of nitro groups is 1. The molecular formula is C32H39ClN4O8S. The Bertz CT molecular complexity index is 1680. The Morgan fingerprint density at radius 3 is 2.37 bits per heavy atom. The number of aryl methyl sites for hydroxylation is 1. The van der Waals surface area contributed by atoms with Crippen LogP contribution in [0.3, 0.4) is 0 Å². The third kappa shape index (κ3) is 8.67. The number of benzene rings is 3. The SMILES string of the molecule is CC[C@@H](C(=O)NCC(C)C)N(Cc1cccc(OC)c1)C(=O)CN(c1cc(Cl)ccc1OC)S(=O)(=O)c1ccc(C)c([N+](=O)[O-])c1. The molecule has 12 nitrogen and oxygen atoms in total. The lowest BCUT2D eigenvalue weighted by molar-refractivity contribution is -0.385. The highest BCUT2D eigenvalue weighted by Crippen LogP contribution is 2.36. The molecule has 1 N–H and O–H groups in total. The van der Waals surface area contributed by atoms with Crippen LogP contribution in [0.15, 0.2) is 65.6 Å². The number of carbonyl (C=O) groups excluding carboxylic acids is 2.